The third-order valence-electron chi connectivity index (χ3n) is 6.83. The van der Waals surface area contributed by atoms with Crippen LogP contribution >= 0.6 is 0 Å². The number of nitrogens with two attached hydrogens (primary N) is 1. The van der Waals surface area contributed by atoms with Gasteiger partial charge in [0.15, 0.2) is 5.78 Å². The van der Waals surface area contributed by atoms with Gasteiger partial charge in [0.05, 0.1) is 11.6 Å². The Morgan fingerprint density at radius 3 is 1.94 bits per heavy atom. The van der Waals surface area contributed by atoms with Crippen LogP contribution in [0.4, 0.5) is 0 Å². The highest BCUT2D eigenvalue weighted by Gasteiger charge is 2.53. The minimum atomic E-state index is -0.883. The predicted octanol–water partition coefficient (Wildman–Crippen LogP) is 3.52. The SMILES string of the molecule is NCCC12CN(CCN1C(c1ccccc1)c1ccccc1)C(=O)c1ccccc1C2=O. The van der Waals surface area contributed by atoms with E-state index < -0.39 is 5.54 Å². The van der Waals surface area contributed by atoms with E-state index in [9.17, 15) is 9.59 Å². The third kappa shape index (κ3) is 3.25. The Bertz CT molecular complexity index is 1090. The van der Waals surface area contributed by atoms with Crippen LogP contribution in [-0.2, 0) is 0 Å². The fraction of sp³-hybridized carbons (Fsp3) is 0.259. The van der Waals surface area contributed by atoms with Gasteiger partial charge in [-0.3, -0.25) is 14.5 Å². The first-order chi connectivity index (χ1) is 15.7. The van der Waals surface area contributed by atoms with E-state index in [0.29, 0.717) is 43.7 Å². The second-order valence-corrected chi connectivity index (χ2v) is 8.59. The van der Waals surface area contributed by atoms with Gasteiger partial charge in [-0.1, -0.05) is 78.9 Å². The minimum Gasteiger partial charge on any atom is -0.335 e. The highest BCUT2D eigenvalue weighted by Crippen LogP contribution is 2.42. The summed E-state index contributed by atoms with van der Waals surface area (Å²) in [7, 11) is 0. The van der Waals surface area contributed by atoms with E-state index in [0.717, 1.165) is 11.1 Å². The lowest BCUT2D eigenvalue weighted by molar-refractivity contribution is -0.00744. The van der Waals surface area contributed by atoms with Crippen LogP contribution in [0.25, 0.3) is 0 Å². The van der Waals surface area contributed by atoms with Crippen LogP contribution < -0.4 is 5.73 Å². The summed E-state index contributed by atoms with van der Waals surface area (Å²) >= 11 is 0. The molecule has 32 heavy (non-hydrogen) atoms. The molecule has 1 saturated heterocycles. The predicted molar refractivity (Wildman–Crippen MR) is 125 cm³/mol. The number of ketones is 1. The summed E-state index contributed by atoms with van der Waals surface area (Å²) in [6.07, 6.45) is 0.486. The average molecular weight is 426 g/mol. The molecule has 2 N–H and O–H groups in total. The molecule has 1 unspecified atom stereocenters. The van der Waals surface area contributed by atoms with Crippen LogP contribution in [0.15, 0.2) is 84.9 Å². The van der Waals surface area contributed by atoms with Gasteiger partial charge in [-0.05, 0) is 30.2 Å². The molecule has 2 bridgehead atoms. The molecule has 0 aromatic heterocycles. The molecule has 0 spiro atoms. The molecule has 2 aliphatic heterocycles. The maximum atomic E-state index is 14.2. The molecule has 0 radical (unpaired) electrons. The van der Waals surface area contributed by atoms with Crippen LogP contribution in [0.5, 0.6) is 0 Å². The number of rotatable bonds is 5. The number of carbonyl (C=O) groups is 2. The molecule has 3 aromatic carbocycles. The maximum absolute atomic E-state index is 14.2. The van der Waals surface area contributed by atoms with Crippen molar-refractivity contribution >= 4 is 11.7 Å². The van der Waals surface area contributed by atoms with Crippen LogP contribution in [0.1, 0.15) is 44.3 Å². The van der Waals surface area contributed by atoms with Gasteiger partial charge in [0.1, 0.15) is 5.54 Å². The first kappa shape index (κ1) is 20.6. The number of hydrogen-bond acceptors (Lipinski definition) is 4. The molecule has 0 aliphatic carbocycles. The first-order valence-corrected chi connectivity index (χ1v) is 11.2. The van der Waals surface area contributed by atoms with E-state index in [1.54, 1.807) is 12.1 Å². The Balaban J connectivity index is 1.71. The molecule has 3 aromatic rings. The van der Waals surface area contributed by atoms with E-state index in [2.05, 4.69) is 29.2 Å². The molecule has 5 heteroatoms. The lowest BCUT2D eigenvalue weighted by atomic mass is 9.79. The smallest absolute Gasteiger partial charge is 0.254 e. The summed E-state index contributed by atoms with van der Waals surface area (Å²) < 4.78 is 0. The summed E-state index contributed by atoms with van der Waals surface area (Å²) in [4.78, 5) is 31.6. The molecule has 2 aliphatic rings. The lowest BCUT2D eigenvalue weighted by Crippen LogP contribution is -2.67. The zero-order chi connectivity index (χ0) is 22.1. The maximum Gasteiger partial charge on any atom is 0.254 e. The molecule has 5 rings (SSSR count). The van der Waals surface area contributed by atoms with Crippen molar-refractivity contribution in [1.29, 1.82) is 0 Å². The Labute approximate surface area is 188 Å². The molecule has 2 heterocycles. The number of carbonyl (C=O) groups excluding carboxylic acids is 2. The van der Waals surface area contributed by atoms with E-state index in [1.165, 1.54) is 0 Å². The fourth-order valence-electron chi connectivity index (χ4n) is 5.37. The van der Waals surface area contributed by atoms with E-state index in [1.807, 2.05) is 53.4 Å². The van der Waals surface area contributed by atoms with Gasteiger partial charge >= 0.3 is 0 Å². The van der Waals surface area contributed by atoms with Crippen LogP contribution in [-0.4, -0.2) is 53.2 Å². The summed E-state index contributed by atoms with van der Waals surface area (Å²) in [6.45, 7) is 1.89. The zero-order valence-electron chi connectivity index (χ0n) is 18.0. The van der Waals surface area contributed by atoms with Gasteiger partial charge in [-0.2, -0.15) is 0 Å². The highest BCUT2D eigenvalue weighted by molar-refractivity contribution is 6.14. The number of benzene rings is 3. The first-order valence-electron chi connectivity index (χ1n) is 11.2. The van der Waals surface area contributed by atoms with Crippen molar-refractivity contribution in [3.63, 3.8) is 0 Å². The Kier molecular flexibility index (Phi) is 5.37. The number of fused-ring (bicyclic) bond motifs is 3. The van der Waals surface area contributed by atoms with E-state index in [-0.39, 0.29) is 17.7 Å². The van der Waals surface area contributed by atoms with Crippen molar-refractivity contribution in [3.05, 3.63) is 107 Å². The van der Waals surface area contributed by atoms with Crippen molar-refractivity contribution in [2.24, 2.45) is 5.73 Å². The van der Waals surface area contributed by atoms with Gasteiger partial charge in [-0.25, -0.2) is 0 Å². The molecule has 5 nitrogen and oxygen atoms in total. The monoisotopic (exact) mass is 425 g/mol. The quantitative estimate of drug-likeness (QED) is 0.679. The van der Waals surface area contributed by atoms with Crippen LogP contribution in [0.2, 0.25) is 0 Å². The van der Waals surface area contributed by atoms with Gasteiger partial charge in [0.2, 0.25) is 0 Å². The highest BCUT2D eigenvalue weighted by atomic mass is 16.2. The van der Waals surface area contributed by atoms with Crippen molar-refractivity contribution < 1.29 is 9.59 Å². The third-order valence-corrected chi connectivity index (χ3v) is 6.83. The van der Waals surface area contributed by atoms with Crippen LogP contribution in [0, 0.1) is 0 Å². The number of amides is 1. The molecular formula is C27H27N3O2. The van der Waals surface area contributed by atoms with E-state index >= 15 is 0 Å². The van der Waals surface area contributed by atoms with Crippen molar-refractivity contribution in [2.45, 2.75) is 18.0 Å². The number of nitrogens with zero attached hydrogens (tertiary/aromatic N) is 2. The molecule has 1 atom stereocenters. The normalized spacial score (nSPS) is 20.9. The average Bonchev–Trinajstić information content (AvgIpc) is 2.91. The summed E-state index contributed by atoms with van der Waals surface area (Å²) in [5.41, 5.74) is 8.48. The molecule has 0 saturated carbocycles. The molecular weight excluding hydrogens is 398 g/mol. The lowest BCUT2D eigenvalue weighted by Gasteiger charge is -2.52. The van der Waals surface area contributed by atoms with Gasteiger partial charge in [0, 0.05) is 25.2 Å². The topological polar surface area (TPSA) is 66.6 Å². The van der Waals surface area contributed by atoms with Crippen LogP contribution in [0.3, 0.4) is 0 Å². The molecule has 162 valence electrons. The Morgan fingerprint density at radius 1 is 0.781 bits per heavy atom. The number of Topliss-reactive ketones (excluding diaryl/α,β-unsaturated/α-hetero) is 1. The minimum absolute atomic E-state index is 0.00837. The second-order valence-electron chi connectivity index (χ2n) is 8.59. The number of piperazine rings is 1. The van der Waals surface area contributed by atoms with Crippen molar-refractivity contribution in [3.8, 4) is 0 Å². The van der Waals surface area contributed by atoms with Gasteiger partial charge in [-0.15, -0.1) is 0 Å². The summed E-state index contributed by atoms with van der Waals surface area (Å²) in [5, 5.41) is 0. The number of hydrogen-bond donors (Lipinski definition) is 1. The molecule has 1 fully saturated rings. The Hall–Kier alpha value is -3.28. The fourth-order valence-corrected chi connectivity index (χ4v) is 5.37. The van der Waals surface area contributed by atoms with Crippen molar-refractivity contribution in [2.75, 3.05) is 26.2 Å². The Morgan fingerprint density at radius 2 is 1.34 bits per heavy atom. The largest absolute Gasteiger partial charge is 0.335 e. The molecule has 1 amide bonds. The van der Waals surface area contributed by atoms with E-state index in [4.69, 9.17) is 5.73 Å². The summed E-state index contributed by atoms with van der Waals surface area (Å²) in [6, 6.07) is 27.7. The van der Waals surface area contributed by atoms with Crippen molar-refractivity contribution in [1.82, 2.24) is 9.80 Å². The zero-order valence-corrected chi connectivity index (χ0v) is 18.0. The standard InChI is InChI=1S/C27H27N3O2/c28-16-15-27-19-29(26(32)23-14-8-7-13-22(23)25(27)31)17-18-30(27)24(20-9-3-1-4-10-20)21-11-5-2-6-12-21/h1-14,24H,15-19,28H2. The second kappa shape index (κ2) is 8.34. The summed E-state index contributed by atoms with van der Waals surface area (Å²) in [5.74, 6) is -0.0746. The van der Waals surface area contributed by atoms with Gasteiger partial charge < -0.3 is 10.6 Å². The van der Waals surface area contributed by atoms with Gasteiger partial charge in [0.25, 0.3) is 5.91 Å².